The first-order valence-corrected chi connectivity index (χ1v) is 7.40. The van der Waals surface area contributed by atoms with Crippen molar-refractivity contribution in [2.75, 3.05) is 25.0 Å². The van der Waals surface area contributed by atoms with Gasteiger partial charge in [0.15, 0.2) is 0 Å². The summed E-state index contributed by atoms with van der Waals surface area (Å²) in [7, 11) is 2.08. The van der Waals surface area contributed by atoms with Crippen molar-refractivity contribution in [2.24, 2.45) is 5.41 Å². The molecule has 1 aromatic carbocycles. The van der Waals surface area contributed by atoms with Crippen LogP contribution >= 0.6 is 0 Å². The molecule has 1 saturated heterocycles. The van der Waals surface area contributed by atoms with Crippen molar-refractivity contribution in [3.8, 4) is 6.07 Å². The van der Waals surface area contributed by atoms with Crippen molar-refractivity contribution < 1.29 is 4.79 Å². The van der Waals surface area contributed by atoms with E-state index < -0.39 is 5.41 Å². The highest BCUT2D eigenvalue weighted by Crippen LogP contribution is 2.25. The smallest absolute Gasteiger partial charge is 0.224 e. The van der Waals surface area contributed by atoms with E-state index in [9.17, 15) is 4.79 Å². The van der Waals surface area contributed by atoms with Crippen molar-refractivity contribution in [3.63, 3.8) is 0 Å². The quantitative estimate of drug-likeness (QED) is 0.854. The van der Waals surface area contributed by atoms with Gasteiger partial charge in [0.2, 0.25) is 5.91 Å². The molecular formula is C17H23N3O. The van der Waals surface area contributed by atoms with Crippen LogP contribution in [0.1, 0.15) is 26.7 Å². The van der Waals surface area contributed by atoms with E-state index >= 15 is 0 Å². The van der Waals surface area contributed by atoms with E-state index in [1.807, 2.05) is 36.9 Å². The van der Waals surface area contributed by atoms with Crippen LogP contribution in [-0.2, 0) is 4.79 Å². The van der Waals surface area contributed by atoms with E-state index in [4.69, 9.17) is 5.26 Å². The second-order valence-electron chi connectivity index (χ2n) is 6.40. The van der Waals surface area contributed by atoms with Gasteiger partial charge in [-0.3, -0.25) is 4.79 Å². The molecule has 0 aliphatic carbocycles. The Morgan fingerprint density at radius 1 is 1.43 bits per heavy atom. The van der Waals surface area contributed by atoms with Crippen LogP contribution < -0.4 is 4.90 Å². The minimum absolute atomic E-state index is 0.0884. The Labute approximate surface area is 127 Å². The third-order valence-corrected chi connectivity index (χ3v) is 4.12. The third kappa shape index (κ3) is 3.75. The first kappa shape index (κ1) is 15.4. The Kier molecular flexibility index (Phi) is 4.52. The molecule has 112 valence electrons. The SMILES string of the molecule is CN(c1ccccc1)C1CCN(C(=O)CC(C)(C)C#N)C1. The number of hydrogen-bond donors (Lipinski definition) is 0. The highest BCUT2D eigenvalue weighted by atomic mass is 16.2. The molecule has 0 saturated carbocycles. The third-order valence-electron chi connectivity index (χ3n) is 4.12. The van der Waals surface area contributed by atoms with E-state index in [0.29, 0.717) is 12.5 Å². The molecule has 4 nitrogen and oxygen atoms in total. The van der Waals surface area contributed by atoms with Gasteiger partial charge in [-0.1, -0.05) is 18.2 Å². The van der Waals surface area contributed by atoms with Crippen molar-refractivity contribution in [1.29, 1.82) is 5.26 Å². The monoisotopic (exact) mass is 285 g/mol. The molecule has 0 aromatic heterocycles. The molecule has 1 heterocycles. The zero-order valence-electron chi connectivity index (χ0n) is 13.0. The maximum Gasteiger partial charge on any atom is 0.224 e. The van der Waals surface area contributed by atoms with Crippen molar-refractivity contribution in [1.82, 2.24) is 4.90 Å². The molecular weight excluding hydrogens is 262 g/mol. The summed E-state index contributed by atoms with van der Waals surface area (Å²) in [5.74, 6) is 0.0884. The van der Waals surface area contributed by atoms with Gasteiger partial charge >= 0.3 is 0 Å². The average Bonchev–Trinajstić information content (AvgIpc) is 2.97. The normalized spacial score (nSPS) is 18.4. The number of nitriles is 1. The van der Waals surface area contributed by atoms with E-state index in [0.717, 1.165) is 19.5 Å². The van der Waals surface area contributed by atoms with Crippen molar-refractivity contribution in [2.45, 2.75) is 32.7 Å². The second-order valence-corrected chi connectivity index (χ2v) is 6.40. The van der Waals surface area contributed by atoms with E-state index in [1.54, 1.807) is 0 Å². The number of anilines is 1. The lowest BCUT2D eigenvalue weighted by atomic mass is 9.91. The number of likely N-dealkylation sites (N-methyl/N-ethyl adjacent to an activating group) is 1. The van der Waals surface area contributed by atoms with Crippen LogP contribution in [0.4, 0.5) is 5.69 Å². The number of carbonyl (C=O) groups is 1. The number of benzene rings is 1. The summed E-state index contributed by atoms with van der Waals surface area (Å²) < 4.78 is 0. The molecule has 2 rings (SSSR count). The summed E-state index contributed by atoms with van der Waals surface area (Å²) in [6.07, 6.45) is 1.27. The van der Waals surface area contributed by atoms with Gasteiger partial charge in [0.1, 0.15) is 0 Å². The molecule has 1 atom stereocenters. The number of rotatable bonds is 4. The van der Waals surface area contributed by atoms with Crippen molar-refractivity contribution in [3.05, 3.63) is 30.3 Å². The molecule has 21 heavy (non-hydrogen) atoms. The first-order chi connectivity index (χ1) is 9.93. The minimum Gasteiger partial charge on any atom is -0.370 e. The summed E-state index contributed by atoms with van der Waals surface area (Å²) in [5, 5.41) is 9.05. The Morgan fingerprint density at radius 3 is 2.71 bits per heavy atom. The molecule has 1 aliphatic rings. The summed E-state index contributed by atoms with van der Waals surface area (Å²) in [6, 6.07) is 12.8. The lowest BCUT2D eigenvalue weighted by Crippen LogP contribution is -2.37. The Morgan fingerprint density at radius 2 is 2.10 bits per heavy atom. The van der Waals surface area contributed by atoms with Crippen LogP contribution in [-0.4, -0.2) is 37.0 Å². The molecule has 0 bridgehead atoms. The number of likely N-dealkylation sites (tertiary alicyclic amines) is 1. The second kappa shape index (κ2) is 6.17. The fourth-order valence-electron chi connectivity index (χ4n) is 2.69. The summed E-state index contributed by atoms with van der Waals surface area (Å²) in [5.41, 5.74) is 0.592. The van der Waals surface area contributed by atoms with E-state index in [2.05, 4.69) is 30.1 Å². The Bertz CT molecular complexity index is 533. The summed E-state index contributed by atoms with van der Waals surface area (Å²) in [4.78, 5) is 16.4. The van der Waals surface area contributed by atoms with Crippen molar-refractivity contribution >= 4 is 11.6 Å². The molecule has 0 N–H and O–H groups in total. The van der Waals surface area contributed by atoms with Gasteiger partial charge in [0.05, 0.1) is 11.5 Å². The summed E-state index contributed by atoms with van der Waals surface area (Å²) >= 11 is 0. The minimum atomic E-state index is -0.583. The van der Waals surface area contributed by atoms with E-state index in [1.165, 1.54) is 5.69 Å². The van der Waals surface area contributed by atoms with Gasteiger partial charge in [-0.2, -0.15) is 5.26 Å². The maximum absolute atomic E-state index is 12.3. The predicted octanol–water partition coefficient (Wildman–Crippen LogP) is 2.66. The van der Waals surface area contributed by atoms with Gasteiger partial charge in [-0.05, 0) is 32.4 Å². The Hall–Kier alpha value is -2.02. The van der Waals surface area contributed by atoms with Crippen LogP contribution in [0.25, 0.3) is 0 Å². The zero-order valence-corrected chi connectivity index (χ0v) is 13.0. The van der Waals surface area contributed by atoms with Gasteiger partial charge in [-0.25, -0.2) is 0 Å². The van der Waals surface area contributed by atoms with E-state index in [-0.39, 0.29) is 5.91 Å². The van der Waals surface area contributed by atoms with Crippen LogP contribution in [0.3, 0.4) is 0 Å². The summed E-state index contributed by atoms with van der Waals surface area (Å²) in [6.45, 7) is 5.15. The lowest BCUT2D eigenvalue weighted by molar-refractivity contribution is -0.131. The van der Waals surface area contributed by atoms with Gasteiger partial charge in [0.25, 0.3) is 0 Å². The number of nitrogens with zero attached hydrogens (tertiary/aromatic N) is 3. The molecule has 1 unspecified atom stereocenters. The number of amides is 1. The highest BCUT2D eigenvalue weighted by Gasteiger charge is 2.31. The predicted molar refractivity (Wildman–Crippen MR) is 83.8 cm³/mol. The average molecular weight is 285 g/mol. The molecule has 4 heteroatoms. The number of hydrogen-bond acceptors (Lipinski definition) is 3. The molecule has 0 spiro atoms. The number of para-hydroxylation sites is 1. The van der Waals surface area contributed by atoms with Crippen LogP contribution in [0.2, 0.25) is 0 Å². The van der Waals surface area contributed by atoms with Crippen LogP contribution in [0.5, 0.6) is 0 Å². The molecule has 1 fully saturated rings. The van der Waals surface area contributed by atoms with Gasteiger partial charge in [0, 0.05) is 38.3 Å². The topological polar surface area (TPSA) is 47.3 Å². The fourth-order valence-corrected chi connectivity index (χ4v) is 2.69. The molecule has 1 amide bonds. The highest BCUT2D eigenvalue weighted by molar-refractivity contribution is 5.77. The standard InChI is InChI=1S/C17H23N3O/c1-17(2,13-18)11-16(21)20-10-9-15(12-20)19(3)14-7-5-4-6-8-14/h4-8,15H,9-12H2,1-3H3. The molecule has 1 aromatic rings. The van der Waals surface area contributed by atoms with Crippen LogP contribution in [0.15, 0.2) is 30.3 Å². The molecule has 0 radical (unpaired) electrons. The van der Waals surface area contributed by atoms with Crippen LogP contribution in [0, 0.1) is 16.7 Å². The Balaban J connectivity index is 1.95. The maximum atomic E-state index is 12.3. The largest absolute Gasteiger partial charge is 0.370 e. The van der Waals surface area contributed by atoms with Gasteiger partial charge in [-0.15, -0.1) is 0 Å². The zero-order chi connectivity index (χ0) is 15.5. The molecule has 1 aliphatic heterocycles. The van der Waals surface area contributed by atoms with Gasteiger partial charge < -0.3 is 9.80 Å². The lowest BCUT2D eigenvalue weighted by Gasteiger charge is -2.27. The number of carbonyl (C=O) groups excluding carboxylic acids is 1. The first-order valence-electron chi connectivity index (χ1n) is 7.40. The fraction of sp³-hybridized carbons (Fsp3) is 0.529.